The fourth-order valence-electron chi connectivity index (χ4n) is 8.95. The van der Waals surface area contributed by atoms with Gasteiger partial charge in [-0.25, -0.2) is 0 Å². The maximum absolute atomic E-state index is 15.0. The molecule has 3 aliphatic rings. The molecule has 1 aromatic heterocycles. The van der Waals surface area contributed by atoms with Gasteiger partial charge in [0, 0.05) is 58.8 Å². The van der Waals surface area contributed by atoms with Gasteiger partial charge in [0.15, 0.2) is 5.78 Å². The molecule has 0 saturated carbocycles. The van der Waals surface area contributed by atoms with Crippen molar-refractivity contribution in [3.05, 3.63) is 95.4 Å². The van der Waals surface area contributed by atoms with Crippen molar-refractivity contribution in [2.75, 3.05) is 5.32 Å². The molecule has 3 aromatic rings. The van der Waals surface area contributed by atoms with Crippen molar-refractivity contribution < 1.29 is 29.4 Å². The van der Waals surface area contributed by atoms with Crippen molar-refractivity contribution in [3.8, 4) is 0 Å². The van der Waals surface area contributed by atoms with Gasteiger partial charge < -0.3 is 36.5 Å². The van der Waals surface area contributed by atoms with Crippen LogP contribution in [-0.2, 0) is 14.4 Å². The number of aromatic amines is 1. The number of rotatable bonds is 9. The zero-order valence-electron chi connectivity index (χ0n) is 32.6. The van der Waals surface area contributed by atoms with Crippen LogP contribution in [0, 0.1) is 29.1 Å². The smallest absolute Gasteiger partial charge is 0.254 e. The van der Waals surface area contributed by atoms with Crippen LogP contribution in [0.3, 0.4) is 0 Å². The number of carbonyl (C=O) groups excluding carboxylic acids is 4. The molecule has 3 unspecified atom stereocenters. The summed E-state index contributed by atoms with van der Waals surface area (Å²) in [6, 6.07) is 12.3. The first kappa shape index (κ1) is 39.7. The summed E-state index contributed by atoms with van der Waals surface area (Å²) in [5, 5.41) is 35.9. The van der Waals surface area contributed by atoms with Crippen LogP contribution in [0.4, 0.5) is 5.69 Å². The first-order valence-electron chi connectivity index (χ1n) is 19.5. The minimum atomic E-state index is -1.41. The molecule has 1 saturated heterocycles. The van der Waals surface area contributed by atoms with E-state index in [0.717, 1.165) is 34.0 Å². The number of nitrogens with one attached hydrogen (secondary N) is 5. The number of aliphatic hydroxyl groups is 2. The number of aromatic nitrogens is 1. The average Bonchev–Trinajstić information content (AvgIpc) is 3.69. The molecule has 2 aromatic carbocycles. The molecule has 6 rings (SSSR count). The van der Waals surface area contributed by atoms with Crippen molar-refractivity contribution in [1.29, 1.82) is 0 Å². The second kappa shape index (κ2) is 16.4. The van der Waals surface area contributed by atoms with Crippen LogP contribution in [0.2, 0.25) is 0 Å². The molecule has 2 heterocycles. The number of Topliss-reactive ketones (excluding diaryl/α,β-unsaturated/α-hetero) is 1. The van der Waals surface area contributed by atoms with Crippen molar-refractivity contribution in [3.63, 3.8) is 0 Å². The van der Waals surface area contributed by atoms with Gasteiger partial charge in [-0.05, 0) is 76.1 Å². The molecule has 1 aliphatic heterocycles. The van der Waals surface area contributed by atoms with E-state index in [1.807, 2.05) is 43.5 Å². The number of hydrogen-bond acceptors (Lipinski definition) is 7. The zero-order chi connectivity index (χ0) is 39.6. The number of hydrogen-bond donors (Lipinski definition) is 7. The van der Waals surface area contributed by atoms with Gasteiger partial charge >= 0.3 is 0 Å². The predicted octanol–water partition coefficient (Wildman–Crippen LogP) is 5.63. The monoisotopic (exact) mass is 749 g/mol. The second-order valence-electron chi connectivity index (χ2n) is 16.2. The average molecular weight is 750 g/mol. The molecular formula is C44H55N5O6. The Balaban J connectivity index is 1.24. The summed E-state index contributed by atoms with van der Waals surface area (Å²) in [5.74, 6) is -2.13. The minimum Gasteiger partial charge on any atom is -0.390 e. The molecule has 9 atom stereocenters. The minimum absolute atomic E-state index is 0.0451. The molecule has 7 N–H and O–H groups in total. The lowest BCUT2D eigenvalue weighted by Gasteiger charge is -2.45. The van der Waals surface area contributed by atoms with Crippen molar-refractivity contribution in [2.24, 2.45) is 29.1 Å². The van der Waals surface area contributed by atoms with Gasteiger partial charge in [-0.1, -0.05) is 74.4 Å². The molecule has 3 amide bonds. The Bertz CT molecular complexity index is 2030. The van der Waals surface area contributed by atoms with E-state index in [-0.39, 0.29) is 53.9 Å². The SMILES string of the molecule is CC1=C[C@@H]2/C=C(\C)CCC(O)C(O)C(Nc3ccccc3C(=O)N[C@@H](C)C(=O)N/C=C/c3c[nH]c4ccccc34)CC(=O)[C@]23C(=O)N[C@@H](CC(C)C)[C@@H]3[C@@H]1C. The molecular weight excluding hydrogens is 695 g/mol. The van der Waals surface area contributed by atoms with E-state index >= 15 is 4.79 Å². The highest BCUT2D eigenvalue weighted by atomic mass is 16.3. The predicted molar refractivity (Wildman–Crippen MR) is 215 cm³/mol. The van der Waals surface area contributed by atoms with Gasteiger partial charge in [0.25, 0.3) is 5.91 Å². The molecule has 2 aliphatic carbocycles. The first-order valence-corrected chi connectivity index (χ1v) is 19.5. The van der Waals surface area contributed by atoms with Crippen LogP contribution in [0.5, 0.6) is 0 Å². The summed E-state index contributed by atoms with van der Waals surface area (Å²) in [6.07, 6.45) is 7.80. The second-order valence-corrected chi connectivity index (χ2v) is 16.2. The third-order valence-electron chi connectivity index (χ3n) is 11.9. The Hall–Kier alpha value is -5.00. The number of fused-ring (bicyclic) bond motifs is 1. The van der Waals surface area contributed by atoms with E-state index < -0.39 is 47.4 Å². The topological polar surface area (TPSA) is 173 Å². The molecule has 0 bridgehead atoms. The van der Waals surface area contributed by atoms with Crippen LogP contribution >= 0.6 is 0 Å². The third-order valence-corrected chi connectivity index (χ3v) is 11.9. The lowest BCUT2D eigenvalue weighted by Crippen LogP contribution is -2.54. The van der Waals surface area contributed by atoms with E-state index in [2.05, 4.69) is 60.0 Å². The lowest BCUT2D eigenvalue weighted by atomic mass is 9.54. The summed E-state index contributed by atoms with van der Waals surface area (Å²) in [5.41, 5.74) is 3.03. The zero-order valence-corrected chi connectivity index (χ0v) is 32.6. The number of para-hydroxylation sites is 2. The molecule has 1 spiro atoms. The fourth-order valence-corrected chi connectivity index (χ4v) is 8.95. The number of anilines is 1. The van der Waals surface area contributed by atoms with E-state index in [1.54, 1.807) is 37.3 Å². The van der Waals surface area contributed by atoms with Crippen molar-refractivity contribution in [1.82, 2.24) is 20.9 Å². The van der Waals surface area contributed by atoms with Crippen LogP contribution in [0.25, 0.3) is 17.0 Å². The molecule has 11 nitrogen and oxygen atoms in total. The quantitative estimate of drug-likeness (QED) is 0.110. The van der Waals surface area contributed by atoms with E-state index in [0.29, 0.717) is 12.1 Å². The maximum atomic E-state index is 15.0. The van der Waals surface area contributed by atoms with Crippen LogP contribution in [0.15, 0.2) is 84.2 Å². The Morgan fingerprint density at radius 1 is 1.02 bits per heavy atom. The summed E-state index contributed by atoms with van der Waals surface area (Å²) < 4.78 is 0. The van der Waals surface area contributed by atoms with Crippen molar-refractivity contribution >= 4 is 46.2 Å². The summed E-state index contributed by atoms with van der Waals surface area (Å²) >= 11 is 0. The standard InChI is InChI=1S/C44H55N5O6/c1-24(2)19-35-39-27(5)26(4)21-30-20-25(3)15-16-37(50)40(52)36(22-38(51)44(30,39)43(55)49-35)48-34-14-10-8-12-32(34)42(54)47-28(6)41(53)45-18-17-29-23-46-33-13-9-7-11-31(29)33/h7-14,17-18,20-21,23-24,27-28,30,35-37,39-40,46,48,50,52H,15-16,19,22H2,1-6H3,(H,45,53)(H,47,54)(H,49,55)/b18-17+,25-20+/t27-,28+,30+,35+,36?,37?,39+,40?,44-/m1/s1. The van der Waals surface area contributed by atoms with Gasteiger partial charge in [0.05, 0.1) is 17.7 Å². The number of ketones is 1. The normalized spacial score (nSPS) is 30.0. The number of H-pyrrole nitrogens is 1. The highest BCUT2D eigenvalue weighted by molar-refractivity contribution is 6.10. The number of amides is 3. The molecule has 55 heavy (non-hydrogen) atoms. The van der Waals surface area contributed by atoms with Gasteiger partial charge in [-0.15, -0.1) is 0 Å². The number of allylic oxidation sites excluding steroid dienone is 4. The van der Waals surface area contributed by atoms with E-state index in [4.69, 9.17) is 0 Å². The Kier molecular flexibility index (Phi) is 11.8. The first-order chi connectivity index (χ1) is 26.2. The number of aliphatic hydroxyl groups excluding tert-OH is 2. The van der Waals surface area contributed by atoms with E-state index in [9.17, 15) is 24.6 Å². The van der Waals surface area contributed by atoms with E-state index in [1.165, 1.54) is 6.20 Å². The summed E-state index contributed by atoms with van der Waals surface area (Å²) in [6.45, 7) is 11.9. The van der Waals surface area contributed by atoms with Crippen LogP contribution in [0.1, 0.15) is 83.1 Å². The van der Waals surface area contributed by atoms with Crippen LogP contribution in [-0.4, -0.2) is 69.0 Å². The number of benzene rings is 2. The van der Waals surface area contributed by atoms with Gasteiger partial charge in [-0.3, -0.25) is 19.2 Å². The lowest BCUT2D eigenvalue weighted by molar-refractivity contribution is -0.146. The Morgan fingerprint density at radius 3 is 2.51 bits per heavy atom. The van der Waals surface area contributed by atoms with Gasteiger partial charge in [0.1, 0.15) is 17.6 Å². The van der Waals surface area contributed by atoms with Gasteiger partial charge in [0.2, 0.25) is 11.8 Å². The fraction of sp³-hybridized carbons (Fsp3) is 0.455. The Morgan fingerprint density at radius 2 is 1.75 bits per heavy atom. The largest absolute Gasteiger partial charge is 0.390 e. The molecule has 292 valence electrons. The maximum Gasteiger partial charge on any atom is 0.254 e. The van der Waals surface area contributed by atoms with Crippen molar-refractivity contribution in [2.45, 2.75) is 97.6 Å². The highest BCUT2D eigenvalue weighted by Crippen LogP contribution is 2.55. The van der Waals surface area contributed by atoms with Crippen LogP contribution < -0.4 is 21.3 Å². The molecule has 0 radical (unpaired) electrons. The summed E-state index contributed by atoms with van der Waals surface area (Å²) in [7, 11) is 0. The Labute approximate surface area is 323 Å². The molecule has 1 fully saturated rings. The summed E-state index contributed by atoms with van der Waals surface area (Å²) in [4.78, 5) is 59.3. The number of carbonyl (C=O) groups is 4. The highest BCUT2D eigenvalue weighted by Gasteiger charge is 2.65. The van der Waals surface area contributed by atoms with Gasteiger partial charge in [-0.2, -0.15) is 0 Å². The third kappa shape index (κ3) is 7.91. The molecule has 11 heteroatoms.